The molecule has 0 fully saturated rings. The van der Waals surface area contributed by atoms with Gasteiger partial charge in [0, 0.05) is 12.6 Å². The van der Waals surface area contributed by atoms with Gasteiger partial charge in [-0.15, -0.1) is 0 Å². The lowest BCUT2D eigenvalue weighted by Crippen LogP contribution is -2.29. The second-order valence-electron chi connectivity index (χ2n) is 5.28. The number of nitrogens with two attached hydrogens (primary N) is 1. The summed E-state index contributed by atoms with van der Waals surface area (Å²) in [5, 5.41) is 8.19. The molecule has 0 saturated heterocycles. The van der Waals surface area contributed by atoms with Crippen molar-refractivity contribution in [2.45, 2.75) is 38.6 Å². The zero-order valence-corrected chi connectivity index (χ0v) is 12.2. The van der Waals surface area contributed by atoms with Gasteiger partial charge in [-0.1, -0.05) is 18.2 Å². The molecule has 0 spiro atoms. The number of hydrogen-bond acceptors (Lipinski definition) is 3. The number of fused-ring (bicyclic) bond motifs is 1. The monoisotopic (exact) mass is 282 g/mol. The summed E-state index contributed by atoms with van der Waals surface area (Å²) < 4.78 is 21.8. The van der Waals surface area contributed by atoms with Gasteiger partial charge in [-0.05, 0) is 49.3 Å². The zero-order chi connectivity index (χ0) is 13.9. The molecular weight excluding hydrogens is 260 g/mol. The maximum absolute atomic E-state index is 10.9. The van der Waals surface area contributed by atoms with Gasteiger partial charge < -0.3 is 5.32 Å². The average Bonchev–Trinajstić information content (AvgIpc) is 2.36. The first-order chi connectivity index (χ1) is 8.96. The molecule has 1 atom stereocenters. The minimum atomic E-state index is -3.38. The minimum Gasteiger partial charge on any atom is -0.309 e. The second-order valence-corrected chi connectivity index (χ2v) is 7.01. The lowest BCUT2D eigenvalue weighted by atomic mass is 9.89. The molecule has 3 N–H and O–H groups in total. The van der Waals surface area contributed by atoms with Gasteiger partial charge >= 0.3 is 0 Å². The van der Waals surface area contributed by atoms with Crippen molar-refractivity contribution in [2.75, 3.05) is 12.3 Å². The molecule has 1 aromatic rings. The molecule has 5 heteroatoms. The highest BCUT2D eigenvalue weighted by Crippen LogP contribution is 2.24. The van der Waals surface area contributed by atoms with Crippen LogP contribution in [0.25, 0.3) is 0 Å². The molecule has 1 aliphatic carbocycles. The molecule has 1 aliphatic rings. The minimum absolute atomic E-state index is 0.0255. The van der Waals surface area contributed by atoms with Crippen molar-refractivity contribution in [3.8, 4) is 0 Å². The van der Waals surface area contributed by atoms with E-state index in [9.17, 15) is 8.42 Å². The number of aryl methyl sites for hydroxylation is 2. The van der Waals surface area contributed by atoms with E-state index in [1.54, 1.807) is 0 Å². The van der Waals surface area contributed by atoms with Gasteiger partial charge in [0.2, 0.25) is 10.0 Å². The van der Waals surface area contributed by atoms with Crippen molar-refractivity contribution in [2.24, 2.45) is 5.14 Å². The largest absolute Gasteiger partial charge is 0.309 e. The van der Waals surface area contributed by atoms with Crippen molar-refractivity contribution in [3.05, 3.63) is 34.9 Å². The summed E-state index contributed by atoms with van der Waals surface area (Å²) in [6.45, 7) is 2.44. The molecule has 1 unspecified atom stereocenters. The van der Waals surface area contributed by atoms with Crippen molar-refractivity contribution in [1.29, 1.82) is 0 Å². The molecule has 0 aliphatic heterocycles. The van der Waals surface area contributed by atoms with Gasteiger partial charge in [-0.25, -0.2) is 13.6 Å². The molecule has 0 bridgehead atoms. The van der Waals surface area contributed by atoms with Crippen LogP contribution in [0.3, 0.4) is 0 Å². The average molecular weight is 282 g/mol. The number of primary sulfonamides is 1. The second kappa shape index (κ2) is 6.03. The SMILES string of the molecule is CC(NCCS(N)(=O)=O)c1ccc2c(c1)CCCC2. The summed E-state index contributed by atoms with van der Waals surface area (Å²) in [6.07, 6.45) is 4.90. The van der Waals surface area contributed by atoms with E-state index in [-0.39, 0.29) is 11.8 Å². The van der Waals surface area contributed by atoms with Crippen molar-refractivity contribution in [3.63, 3.8) is 0 Å². The van der Waals surface area contributed by atoms with Crippen LogP contribution in [0.4, 0.5) is 0 Å². The van der Waals surface area contributed by atoms with E-state index in [4.69, 9.17) is 5.14 Å². The third-order valence-corrected chi connectivity index (χ3v) is 4.48. The summed E-state index contributed by atoms with van der Waals surface area (Å²) >= 11 is 0. The van der Waals surface area contributed by atoms with E-state index in [1.165, 1.54) is 36.0 Å². The summed E-state index contributed by atoms with van der Waals surface area (Å²) in [7, 11) is -3.38. The highest BCUT2D eigenvalue weighted by molar-refractivity contribution is 7.89. The maximum Gasteiger partial charge on any atom is 0.210 e. The smallest absolute Gasteiger partial charge is 0.210 e. The lowest BCUT2D eigenvalue weighted by Gasteiger charge is -2.20. The van der Waals surface area contributed by atoms with Crippen LogP contribution < -0.4 is 10.5 Å². The normalized spacial score (nSPS) is 16.9. The van der Waals surface area contributed by atoms with Gasteiger partial charge in [0.05, 0.1) is 5.75 Å². The van der Waals surface area contributed by atoms with E-state index in [0.717, 1.165) is 6.42 Å². The number of nitrogens with one attached hydrogen (secondary N) is 1. The number of rotatable bonds is 5. The van der Waals surface area contributed by atoms with Crippen LogP contribution in [0, 0.1) is 0 Å². The van der Waals surface area contributed by atoms with Crippen LogP contribution in [0.2, 0.25) is 0 Å². The predicted molar refractivity (Wildman–Crippen MR) is 77.5 cm³/mol. The fraction of sp³-hybridized carbons (Fsp3) is 0.571. The third kappa shape index (κ3) is 4.30. The molecule has 0 heterocycles. The van der Waals surface area contributed by atoms with Gasteiger partial charge in [-0.2, -0.15) is 0 Å². The molecule has 106 valence electrons. The van der Waals surface area contributed by atoms with Crippen LogP contribution in [0.5, 0.6) is 0 Å². The Hall–Kier alpha value is -0.910. The first-order valence-corrected chi connectivity index (χ1v) is 8.53. The molecular formula is C14H22N2O2S. The number of benzene rings is 1. The first kappa shape index (κ1) is 14.5. The molecule has 4 nitrogen and oxygen atoms in total. The van der Waals surface area contributed by atoms with Crippen molar-refractivity contribution >= 4 is 10.0 Å². The van der Waals surface area contributed by atoms with Gasteiger partial charge in [-0.3, -0.25) is 0 Å². The number of sulfonamides is 1. The summed E-state index contributed by atoms with van der Waals surface area (Å²) in [5.41, 5.74) is 4.13. The standard InChI is InChI=1S/C14H22N2O2S/c1-11(16-8-9-19(15,17)18)13-7-6-12-4-2-3-5-14(12)10-13/h6-7,10-11,16H,2-5,8-9H2,1H3,(H2,15,17,18). The summed E-state index contributed by atoms with van der Waals surface area (Å²) in [6, 6.07) is 6.75. The Balaban J connectivity index is 1.97. The van der Waals surface area contributed by atoms with E-state index in [1.807, 2.05) is 6.92 Å². The summed E-state index contributed by atoms with van der Waals surface area (Å²) in [4.78, 5) is 0. The first-order valence-electron chi connectivity index (χ1n) is 6.81. The van der Waals surface area contributed by atoms with Crippen LogP contribution in [0.1, 0.15) is 42.5 Å². The highest BCUT2D eigenvalue weighted by Gasteiger charge is 2.12. The topological polar surface area (TPSA) is 72.2 Å². The molecule has 1 aromatic carbocycles. The fourth-order valence-corrected chi connectivity index (χ4v) is 2.96. The van der Waals surface area contributed by atoms with Crippen LogP contribution in [0.15, 0.2) is 18.2 Å². The van der Waals surface area contributed by atoms with E-state index in [2.05, 4.69) is 23.5 Å². The maximum atomic E-state index is 10.9. The van der Waals surface area contributed by atoms with Gasteiger partial charge in [0.25, 0.3) is 0 Å². The molecule has 0 aromatic heterocycles. The Labute approximate surface area is 115 Å². The Morgan fingerprint density at radius 1 is 1.26 bits per heavy atom. The van der Waals surface area contributed by atoms with Crippen LogP contribution in [-0.4, -0.2) is 20.7 Å². The Morgan fingerprint density at radius 2 is 1.95 bits per heavy atom. The summed E-state index contributed by atoms with van der Waals surface area (Å²) in [5.74, 6) is -0.0255. The number of hydrogen-bond donors (Lipinski definition) is 2. The van der Waals surface area contributed by atoms with Crippen LogP contribution >= 0.6 is 0 Å². The predicted octanol–water partition coefficient (Wildman–Crippen LogP) is 1.50. The van der Waals surface area contributed by atoms with Crippen LogP contribution in [-0.2, 0) is 22.9 Å². The fourth-order valence-electron chi connectivity index (χ4n) is 2.56. The van der Waals surface area contributed by atoms with E-state index < -0.39 is 10.0 Å². The van der Waals surface area contributed by atoms with Crippen molar-refractivity contribution in [1.82, 2.24) is 5.32 Å². The molecule has 19 heavy (non-hydrogen) atoms. The molecule has 2 rings (SSSR count). The molecule has 0 radical (unpaired) electrons. The third-order valence-electron chi connectivity index (χ3n) is 3.71. The Morgan fingerprint density at radius 3 is 2.63 bits per heavy atom. The van der Waals surface area contributed by atoms with Gasteiger partial charge in [0.1, 0.15) is 0 Å². The Kier molecular flexibility index (Phi) is 4.60. The zero-order valence-electron chi connectivity index (χ0n) is 11.4. The molecule has 0 amide bonds. The molecule has 0 saturated carbocycles. The van der Waals surface area contributed by atoms with Crippen molar-refractivity contribution < 1.29 is 8.42 Å². The van der Waals surface area contributed by atoms with E-state index >= 15 is 0 Å². The quantitative estimate of drug-likeness (QED) is 0.859. The highest BCUT2D eigenvalue weighted by atomic mass is 32.2. The Bertz CT molecular complexity index is 540. The lowest BCUT2D eigenvalue weighted by molar-refractivity contribution is 0.572. The van der Waals surface area contributed by atoms with E-state index in [0.29, 0.717) is 6.54 Å². The van der Waals surface area contributed by atoms with Gasteiger partial charge in [0.15, 0.2) is 0 Å².